The third-order valence-electron chi connectivity index (χ3n) is 2.65. The highest BCUT2D eigenvalue weighted by molar-refractivity contribution is 6.32. The third kappa shape index (κ3) is 4.10. The first-order chi connectivity index (χ1) is 9.56. The molecule has 0 amide bonds. The van der Waals surface area contributed by atoms with E-state index in [0.29, 0.717) is 34.1 Å². The molecule has 5 heteroatoms. The summed E-state index contributed by atoms with van der Waals surface area (Å²) >= 11 is 12.1. The SMILES string of the molecule is CC(C)NCc1cccc(Cl)c1Oc1cncc(Cl)c1. The van der Waals surface area contributed by atoms with Gasteiger partial charge in [-0.15, -0.1) is 0 Å². The molecule has 106 valence electrons. The Balaban J connectivity index is 2.25. The van der Waals surface area contributed by atoms with Gasteiger partial charge in [0.25, 0.3) is 0 Å². The maximum Gasteiger partial charge on any atom is 0.150 e. The molecule has 0 bridgehead atoms. The molecule has 0 unspecified atom stereocenters. The van der Waals surface area contributed by atoms with Gasteiger partial charge in [-0.3, -0.25) is 4.98 Å². The highest BCUT2D eigenvalue weighted by atomic mass is 35.5. The Morgan fingerprint density at radius 3 is 2.75 bits per heavy atom. The van der Waals surface area contributed by atoms with Crippen molar-refractivity contribution in [2.45, 2.75) is 26.4 Å². The summed E-state index contributed by atoms with van der Waals surface area (Å²) in [5, 5.41) is 4.43. The number of ether oxygens (including phenoxy) is 1. The first-order valence-corrected chi connectivity index (χ1v) is 7.11. The molecule has 1 heterocycles. The summed E-state index contributed by atoms with van der Waals surface area (Å²) in [6.07, 6.45) is 3.16. The summed E-state index contributed by atoms with van der Waals surface area (Å²) in [7, 11) is 0. The molecule has 2 rings (SSSR count). The second kappa shape index (κ2) is 6.93. The Hall–Kier alpha value is -1.29. The van der Waals surface area contributed by atoms with Crippen molar-refractivity contribution < 1.29 is 4.74 Å². The number of rotatable bonds is 5. The molecule has 0 aliphatic rings. The van der Waals surface area contributed by atoms with Crippen LogP contribution in [0.3, 0.4) is 0 Å². The molecular weight excluding hydrogens is 295 g/mol. The van der Waals surface area contributed by atoms with Gasteiger partial charge in [0.1, 0.15) is 5.75 Å². The van der Waals surface area contributed by atoms with Gasteiger partial charge in [0, 0.05) is 30.4 Å². The maximum atomic E-state index is 6.23. The zero-order valence-electron chi connectivity index (χ0n) is 11.4. The van der Waals surface area contributed by atoms with E-state index in [-0.39, 0.29) is 0 Å². The molecule has 1 aromatic heterocycles. The summed E-state index contributed by atoms with van der Waals surface area (Å²) in [6.45, 7) is 4.86. The van der Waals surface area contributed by atoms with Crippen molar-refractivity contribution in [2.75, 3.05) is 0 Å². The van der Waals surface area contributed by atoms with E-state index in [4.69, 9.17) is 27.9 Å². The zero-order chi connectivity index (χ0) is 14.5. The molecule has 0 atom stereocenters. The number of pyridine rings is 1. The second-order valence-corrected chi connectivity index (χ2v) is 5.55. The van der Waals surface area contributed by atoms with Crippen molar-refractivity contribution in [1.29, 1.82) is 0 Å². The first kappa shape index (κ1) is 15.1. The van der Waals surface area contributed by atoms with Crippen LogP contribution in [0.15, 0.2) is 36.7 Å². The van der Waals surface area contributed by atoms with Gasteiger partial charge in [-0.1, -0.05) is 49.2 Å². The highest BCUT2D eigenvalue weighted by Crippen LogP contribution is 2.33. The number of benzene rings is 1. The van der Waals surface area contributed by atoms with Crippen LogP contribution in [0.25, 0.3) is 0 Å². The number of hydrogen-bond donors (Lipinski definition) is 1. The van der Waals surface area contributed by atoms with Crippen LogP contribution in [-0.2, 0) is 6.54 Å². The van der Waals surface area contributed by atoms with E-state index >= 15 is 0 Å². The van der Waals surface area contributed by atoms with E-state index in [1.165, 1.54) is 0 Å². The van der Waals surface area contributed by atoms with Crippen molar-refractivity contribution >= 4 is 23.2 Å². The molecule has 20 heavy (non-hydrogen) atoms. The fraction of sp³-hybridized carbons (Fsp3) is 0.267. The van der Waals surface area contributed by atoms with Gasteiger partial charge in [-0.25, -0.2) is 0 Å². The predicted octanol–water partition coefficient (Wildman–Crippen LogP) is 4.68. The topological polar surface area (TPSA) is 34.1 Å². The van der Waals surface area contributed by atoms with Crippen LogP contribution in [0.2, 0.25) is 10.0 Å². The third-order valence-corrected chi connectivity index (χ3v) is 3.15. The van der Waals surface area contributed by atoms with Crippen molar-refractivity contribution in [3.05, 3.63) is 52.3 Å². The fourth-order valence-corrected chi connectivity index (χ4v) is 2.08. The summed E-state index contributed by atoms with van der Waals surface area (Å²) in [6, 6.07) is 7.78. The molecule has 2 aromatic rings. The van der Waals surface area contributed by atoms with Crippen molar-refractivity contribution in [3.8, 4) is 11.5 Å². The Morgan fingerprint density at radius 1 is 1.25 bits per heavy atom. The van der Waals surface area contributed by atoms with Crippen LogP contribution >= 0.6 is 23.2 Å². The number of aromatic nitrogens is 1. The molecule has 0 aliphatic carbocycles. The van der Waals surface area contributed by atoms with E-state index in [9.17, 15) is 0 Å². The van der Waals surface area contributed by atoms with Crippen LogP contribution in [0, 0.1) is 0 Å². The summed E-state index contributed by atoms with van der Waals surface area (Å²) in [5.74, 6) is 1.20. The average molecular weight is 311 g/mol. The summed E-state index contributed by atoms with van der Waals surface area (Å²) in [5.41, 5.74) is 0.992. The van der Waals surface area contributed by atoms with E-state index < -0.39 is 0 Å². The average Bonchev–Trinajstić information content (AvgIpc) is 2.39. The van der Waals surface area contributed by atoms with Gasteiger partial charge in [-0.05, 0) is 6.07 Å². The summed E-state index contributed by atoms with van der Waals surface area (Å²) < 4.78 is 5.83. The smallest absolute Gasteiger partial charge is 0.150 e. The Bertz CT molecular complexity index is 588. The molecule has 0 aliphatic heterocycles. The summed E-state index contributed by atoms with van der Waals surface area (Å²) in [4.78, 5) is 4.00. The zero-order valence-corrected chi connectivity index (χ0v) is 12.9. The molecule has 0 fully saturated rings. The molecule has 0 saturated heterocycles. The maximum absolute atomic E-state index is 6.23. The molecule has 3 nitrogen and oxygen atoms in total. The van der Waals surface area contributed by atoms with Gasteiger partial charge >= 0.3 is 0 Å². The number of nitrogens with zero attached hydrogens (tertiary/aromatic N) is 1. The Morgan fingerprint density at radius 2 is 2.05 bits per heavy atom. The first-order valence-electron chi connectivity index (χ1n) is 6.35. The van der Waals surface area contributed by atoms with Crippen LogP contribution < -0.4 is 10.1 Å². The predicted molar refractivity (Wildman–Crippen MR) is 82.7 cm³/mol. The van der Waals surface area contributed by atoms with E-state index in [1.807, 2.05) is 12.1 Å². The Labute approximate surface area is 128 Å². The van der Waals surface area contributed by atoms with Crippen molar-refractivity contribution in [3.63, 3.8) is 0 Å². The number of hydrogen-bond acceptors (Lipinski definition) is 3. The second-order valence-electron chi connectivity index (χ2n) is 4.70. The lowest BCUT2D eigenvalue weighted by Gasteiger charge is -2.14. The molecule has 0 saturated carbocycles. The molecule has 0 spiro atoms. The standard InChI is InChI=1S/C15H16Cl2N2O/c1-10(2)19-7-11-4-3-5-14(17)15(11)20-13-6-12(16)8-18-9-13/h3-6,8-10,19H,7H2,1-2H3. The van der Waals surface area contributed by atoms with Crippen LogP contribution in [0.5, 0.6) is 11.5 Å². The lowest BCUT2D eigenvalue weighted by Crippen LogP contribution is -2.22. The normalized spacial score (nSPS) is 10.8. The molecule has 0 radical (unpaired) electrons. The van der Waals surface area contributed by atoms with Crippen molar-refractivity contribution in [2.24, 2.45) is 0 Å². The minimum Gasteiger partial charge on any atom is -0.454 e. The minimum absolute atomic E-state index is 0.384. The van der Waals surface area contributed by atoms with E-state index in [1.54, 1.807) is 24.5 Å². The number of nitrogens with one attached hydrogen (secondary N) is 1. The van der Waals surface area contributed by atoms with Crippen LogP contribution in [-0.4, -0.2) is 11.0 Å². The van der Waals surface area contributed by atoms with E-state index in [2.05, 4.69) is 24.1 Å². The minimum atomic E-state index is 0.384. The van der Waals surface area contributed by atoms with Crippen LogP contribution in [0.1, 0.15) is 19.4 Å². The number of para-hydroxylation sites is 1. The lowest BCUT2D eigenvalue weighted by molar-refractivity contribution is 0.467. The highest BCUT2D eigenvalue weighted by Gasteiger charge is 2.10. The quantitative estimate of drug-likeness (QED) is 0.870. The molecule has 1 N–H and O–H groups in total. The monoisotopic (exact) mass is 310 g/mol. The largest absolute Gasteiger partial charge is 0.454 e. The fourth-order valence-electron chi connectivity index (χ4n) is 1.69. The van der Waals surface area contributed by atoms with Gasteiger partial charge in [-0.2, -0.15) is 0 Å². The van der Waals surface area contributed by atoms with E-state index in [0.717, 1.165) is 5.56 Å². The molecule has 1 aromatic carbocycles. The van der Waals surface area contributed by atoms with Crippen LogP contribution in [0.4, 0.5) is 0 Å². The van der Waals surface area contributed by atoms with Gasteiger partial charge in [0.15, 0.2) is 5.75 Å². The Kier molecular flexibility index (Phi) is 5.24. The molecular formula is C15H16Cl2N2O. The van der Waals surface area contributed by atoms with Gasteiger partial charge < -0.3 is 10.1 Å². The van der Waals surface area contributed by atoms with Crippen molar-refractivity contribution in [1.82, 2.24) is 10.3 Å². The van der Waals surface area contributed by atoms with Gasteiger partial charge in [0.05, 0.1) is 16.2 Å². The lowest BCUT2D eigenvalue weighted by atomic mass is 10.2. The number of halogens is 2. The van der Waals surface area contributed by atoms with Gasteiger partial charge in [0.2, 0.25) is 0 Å².